The molecule has 2 unspecified atom stereocenters. The van der Waals surface area contributed by atoms with E-state index in [0.29, 0.717) is 11.5 Å². The average Bonchev–Trinajstić information content (AvgIpc) is 3.79. The largest absolute Gasteiger partial charge is 0.369 e. The number of aliphatic imine (C=N–C) groups is 1. The predicted octanol–water partition coefficient (Wildman–Crippen LogP) is 12.9. The molecule has 2 aliphatic rings. The summed E-state index contributed by atoms with van der Waals surface area (Å²) < 4.78 is 17.2. The topological polar surface area (TPSA) is 46.5 Å². The number of anilines is 2. The lowest BCUT2D eigenvalue weighted by Gasteiger charge is -2.29. The number of nitrogens with zero attached hydrogens (tertiary/aromatic N) is 3. The summed E-state index contributed by atoms with van der Waals surface area (Å²) in [7, 11) is 0. The zero-order valence-electron chi connectivity index (χ0n) is 31.7. The van der Waals surface area contributed by atoms with E-state index in [4.69, 9.17) is 10.7 Å². The van der Waals surface area contributed by atoms with Gasteiger partial charge in [-0.3, -0.25) is 4.57 Å². The van der Waals surface area contributed by atoms with E-state index in [1.165, 1.54) is 22.5 Å². The number of allylic oxidation sites excluding steroid dienone is 4. The van der Waals surface area contributed by atoms with Crippen LogP contribution >= 0.6 is 0 Å². The first-order valence-corrected chi connectivity index (χ1v) is 19.5. The Hall–Kier alpha value is -7.50. The summed E-state index contributed by atoms with van der Waals surface area (Å²) in [6.07, 6.45) is 10.6. The predicted molar refractivity (Wildman–Crippen MR) is 241 cm³/mol. The van der Waals surface area contributed by atoms with Crippen LogP contribution < -0.4 is 10.6 Å². The van der Waals surface area contributed by atoms with Crippen LogP contribution in [0.15, 0.2) is 212 Å². The molecule has 1 aliphatic heterocycles. The van der Waals surface area contributed by atoms with Gasteiger partial charge in [0, 0.05) is 39.8 Å². The van der Waals surface area contributed by atoms with E-state index in [-0.39, 0.29) is 17.8 Å². The Kier molecular flexibility index (Phi) is 8.76. The molecule has 0 saturated heterocycles. The maximum atomic E-state index is 15.2. The maximum Gasteiger partial charge on any atom is 0.205 e. The molecule has 10 rings (SSSR count). The van der Waals surface area contributed by atoms with Crippen LogP contribution in [0.5, 0.6) is 0 Å². The molecule has 8 aromatic rings. The monoisotopic (exact) mass is 750 g/mol. The van der Waals surface area contributed by atoms with Gasteiger partial charge in [0.25, 0.3) is 0 Å². The van der Waals surface area contributed by atoms with Gasteiger partial charge in [-0.25, -0.2) is 9.38 Å². The quantitative estimate of drug-likeness (QED) is 0.100. The lowest BCUT2D eigenvalue weighted by Crippen LogP contribution is -2.28. The number of halogens is 1. The van der Waals surface area contributed by atoms with Crippen LogP contribution in [0, 0.1) is 5.82 Å². The number of hydrogen-bond acceptors (Lipinski definition) is 2. The van der Waals surface area contributed by atoms with Gasteiger partial charge in [-0.15, -0.1) is 0 Å². The SMILES string of the molecule is C=C(/C=C\N=C(/N)n1c2ccccc2c2cc(C3=CC4c5ccccc5N(c5ccccc5)C4C=C3)ccc21)c1cccc(-c2ccc(-c3ccccc3)c(F)c2)c1. The highest BCUT2D eigenvalue weighted by atomic mass is 19.1. The Morgan fingerprint density at radius 2 is 1.36 bits per heavy atom. The minimum atomic E-state index is -0.259. The maximum absolute atomic E-state index is 15.2. The van der Waals surface area contributed by atoms with Crippen molar-refractivity contribution in [3.05, 3.63) is 229 Å². The van der Waals surface area contributed by atoms with E-state index in [9.17, 15) is 0 Å². The van der Waals surface area contributed by atoms with Crippen LogP contribution in [0.2, 0.25) is 0 Å². The van der Waals surface area contributed by atoms with Gasteiger partial charge < -0.3 is 10.6 Å². The second-order valence-electron chi connectivity index (χ2n) is 14.8. The van der Waals surface area contributed by atoms with Crippen LogP contribution in [-0.2, 0) is 0 Å². The molecule has 58 heavy (non-hydrogen) atoms. The molecule has 2 heterocycles. The van der Waals surface area contributed by atoms with E-state index < -0.39 is 0 Å². The first kappa shape index (κ1) is 35.0. The van der Waals surface area contributed by atoms with Crippen molar-refractivity contribution in [2.75, 3.05) is 4.90 Å². The molecule has 2 atom stereocenters. The van der Waals surface area contributed by atoms with Gasteiger partial charge in [0.05, 0.1) is 17.1 Å². The standard InChI is InChI=1S/C53H39FN4/c1-35(37-15-12-16-38(31-37)41-23-26-43(48(54)34-41)36-13-4-2-5-14-36)29-30-56-53(55)58-50-22-11-9-20-45(50)47-33-40(25-28-52(47)58)39-24-27-51-46(32-39)44-19-8-10-21-49(44)57(51)42-17-6-3-7-18-42/h2-34,46,51H,1H2,(H2,55,56)/b30-29-. The zero-order valence-corrected chi connectivity index (χ0v) is 31.7. The van der Waals surface area contributed by atoms with Crippen molar-refractivity contribution in [3.8, 4) is 22.3 Å². The highest BCUT2D eigenvalue weighted by Crippen LogP contribution is 2.49. The minimum Gasteiger partial charge on any atom is -0.369 e. The molecule has 1 aromatic heterocycles. The second kappa shape index (κ2) is 14.5. The molecule has 5 heteroatoms. The molecule has 278 valence electrons. The lowest BCUT2D eigenvalue weighted by atomic mass is 9.86. The normalized spacial score (nSPS) is 16.2. The van der Waals surface area contributed by atoms with Gasteiger partial charge in [-0.05, 0) is 99.1 Å². The van der Waals surface area contributed by atoms with Gasteiger partial charge in [0.15, 0.2) is 0 Å². The molecule has 1 aliphatic carbocycles. The van der Waals surface area contributed by atoms with Crippen molar-refractivity contribution >= 4 is 50.3 Å². The number of fused-ring (bicyclic) bond motifs is 6. The van der Waals surface area contributed by atoms with Crippen molar-refractivity contribution in [3.63, 3.8) is 0 Å². The van der Waals surface area contributed by atoms with E-state index in [1.54, 1.807) is 12.3 Å². The highest BCUT2D eigenvalue weighted by Gasteiger charge is 2.38. The number of para-hydroxylation sites is 3. The summed E-state index contributed by atoms with van der Waals surface area (Å²) in [5.74, 6) is 0.328. The summed E-state index contributed by atoms with van der Waals surface area (Å²) in [4.78, 5) is 7.16. The molecular formula is C53H39FN4. The number of rotatable bonds is 7. The fourth-order valence-corrected chi connectivity index (χ4v) is 8.63. The summed E-state index contributed by atoms with van der Waals surface area (Å²) in [6, 6.07) is 57.5. The molecule has 7 aromatic carbocycles. The summed E-state index contributed by atoms with van der Waals surface area (Å²) >= 11 is 0. The van der Waals surface area contributed by atoms with E-state index in [0.717, 1.165) is 55.2 Å². The van der Waals surface area contributed by atoms with Crippen molar-refractivity contribution < 1.29 is 4.39 Å². The van der Waals surface area contributed by atoms with E-state index in [2.05, 4.69) is 121 Å². The number of hydrogen-bond donors (Lipinski definition) is 1. The Morgan fingerprint density at radius 3 is 2.21 bits per heavy atom. The Morgan fingerprint density at radius 1 is 0.655 bits per heavy atom. The highest BCUT2D eigenvalue weighted by molar-refractivity contribution is 6.14. The van der Waals surface area contributed by atoms with Gasteiger partial charge in [-0.2, -0.15) is 0 Å². The van der Waals surface area contributed by atoms with Crippen molar-refractivity contribution in [1.82, 2.24) is 4.57 Å². The van der Waals surface area contributed by atoms with Crippen molar-refractivity contribution in [2.24, 2.45) is 10.7 Å². The molecule has 0 amide bonds. The summed E-state index contributed by atoms with van der Waals surface area (Å²) in [5.41, 5.74) is 19.7. The number of nitrogens with two attached hydrogens (primary N) is 1. The van der Waals surface area contributed by atoms with Crippen molar-refractivity contribution in [2.45, 2.75) is 12.0 Å². The molecule has 0 radical (unpaired) electrons. The van der Waals surface area contributed by atoms with Gasteiger partial charge in [0.1, 0.15) is 5.82 Å². The third kappa shape index (κ3) is 6.14. The first-order valence-electron chi connectivity index (χ1n) is 19.5. The molecule has 0 fully saturated rings. The molecule has 2 N–H and O–H groups in total. The summed E-state index contributed by atoms with van der Waals surface area (Å²) in [6.45, 7) is 4.31. The van der Waals surface area contributed by atoms with Crippen LogP contribution in [0.25, 0.3) is 55.2 Å². The molecule has 0 bridgehead atoms. The van der Waals surface area contributed by atoms with Gasteiger partial charge in [0.2, 0.25) is 5.96 Å². The fraction of sp³-hybridized carbons (Fsp3) is 0.0377. The number of aromatic nitrogens is 1. The first-order chi connectivity index (χ1) is 28.5. The van der Waals surface area contributed by atoms with Gasteiger partial charge in [-0.1, -0.05) is 146 Å². The molecule has 0 saturated carbocycles. The summed E-state index contributed by atoms with van der Waals surface area (Å²) in [5, 5.41) is 2.22. The van der Waals surface area contributed by atoms with Crippen LogP contribution in [0.1, 0.15) is 22.6 Å². The zero-order chi connectivity index (χ0) is 39.2. The average molecular weight is 751 g/mol. The van der Waals surface area contributed by atoms with Crippen molar-refractivity contribution in [1.29, 1.82) is 0 Å². The molecule has 4 nitrogen and oxygen atoms in total. The minimum absolute atomic E-state index is 0.209. The van der Waals surface area contributed by atoms with E-state index >= 15 is 4.39 Å². The second-order valence-corrected chi connectivity index (χ2v) is 14.8. The number of benzene rings is 7. The molecular weight excluding hydrogens is 712 g/mol. The third-order valence-electron chi connectivity index (χ3n) is 11.4. The smallest absolute Gasteiger partial charge is 0.205 e. The lowest BCUT2D eigenvalue weighted by molar-refractivity contribution is 0.632. The van der Waals surface area contributed by atoms with Crippen LogP contribution in [-0.4, -0.2) is 16.6 Å². The van der Waals surface area contributed by atoms with Crippen LogP contribution in [0.4, 0.5) is 15.8 Å². The Bertz CT molecular complexity index is 3010. The third-order valence-corrected chi connectivity index (χ3v) is 11.4. The Labute approximate surface area is 337 Å². The van der Waals surface area contributed by atoms with Gasteiger partial charge >= 0.3 is 0 Å². The van der Waals surface area contributed by atoms with E-state index in [1.807, 2.05) is 83.4 Å². The van der Waals surface area contributed by atoms with Crippen LogP contribution in [0.3, 0.4) is 0 Å². The molecule has 0 spiro atoms. The fourth-order valence-electron chi connectivity index (χ4n) is 8.63. The Balaban J connectivity index is 0.923.